The Morgan fingerprint density at radius 3 is 2.63 bits per heavy atom. The van der Waals surface area contributed by atoms with E-state index in [1.54, 1.807) is 12.1 Å². The van der Waals surface area contributed by atoms with Crippen molar-refractivity contribution in [3.05, 3.63) is 46.9 Å². The number of rotatable bonds is 3. The highest BCUT2D eigenvalue weighted by atomic mass is 35.5. The van der Waals surface area contributed by atoms with Crippen LogP contribution in [0.3, 0.4) is 0 Å². The second-order valence-electron chi connectivity index (χ2n) is 3.77. The molecular weight excluding hydrogens is 268 g/mol. The van der Waals surface area contributed by atoms with Gasteiger partial charge in [-0.2, -0.15) is 0 Å². The zero-order chi connectivity index (χ0) is 13.8. The van der Waals surface area contributed by atoms with E-state index >= 15 is 0 Å². The van der Waals surface area contributed by atoms with Crippen LogP contribution in [0.25, 0.3) is 0 Å². The van der Waals surface area contributed by atoms with E-state index in [0.29, 0.717) is 10.8 Å². The molecule has 0 N–H and O–H groups in total. The highest BCUT2D eigenvalue weighted by molar-refractivity contribution is 6.32. The normalized spacial score (nSPS) is 10.1. The average molecular weight is 279 g/mol. The lowest BCUT2D eigenvalue weighted by molar-refractivity contribution is 0.0593. The van der Waals surface area contributed by atoms with Crippen LogP contribution in [-0.4, -0.2) is 23.0 Å². The van der Waals surface area contributed by atoms with Crippen LogP contribution < -0.4 is 4.74 Å². The molecule has 0 fully saturated rings. The molecule has 1 heterocycles. The monoisotopic (exact) mass is 278 g/mol. The van der Waals surface area contributed by atoms with Gasteiger partial charge in [0.15, 0.2) is 5.69 Å². The SMILES string of the molecule is COC(=O)c1cnc(Oc2ccc(C)cc2Cl)cn1. The molecule has 0 amide bonds. The number of hydrogen-bond donors (Lipinski definition) is 0. The number of methoxy groups -OCH3 is 1. The predicted octanol–water partition coefficient (Wildman–Crippen LogP) is 3.02. The second-order valence-corrected chi connectivity index (χ2v) is 4.17. The van der Waals surface area contributed by atoms with Crippen LogP contribution in [0.4, 0.5) is 0 Å². The van der Waals surface area contributed by atoms with Crippen LogP contribution in [0.2, 0.25) is 5.02 Å². The number of benzene rings is 1. The summed E-state index contributed by atoms with van der Waals surface area (Å²) in [5.41, 5.74) is 1.15. The number of ether oxygens (including phenoxy) is 2. The zero-order valence-electron chi connectivity index (χ0n) is 10.4. The molecule has 0 aliphatic rings. The molecule has 0 saturated heterocycles. The maximum Gasteiger partial charge on any atom is 0.358 e. The Balaban J connectivity index is 2.17. The number of carbonyl (C=O) groups excluding carboxylic acids is 1. The number of esters is 1. The summed E-state index contributed by atoms with van der Waals surface area (Å²) in [6.07, 6.45) is 2.62. The van der Waals surface area contributed by atoms with Crippen molar-refractivity contribution in [1.29, 1.82) is 0 Å². The number of hydrogen-bond acceptors (Lipinski definition) is 5. The fourth-order valence-corrected chi connectivity index (χ4v) is 1.65. The van der Waals surface area contributed by atoms with Gasteiger partial charge in [0.25, 0.3) is 0 Å². The van der Waals surface area contributed by atoms with Crippen LogP contribution in [0.5, 0.6) is 11.6 Å². The topological polar surface area (TPSA) is 61.3 Å². The minimum Gasteiger partial charge on any atom is -0.464 e. The van der Waals surface area contributed by atoms with E-state index < -0.39 is 5.97 Å². The molecule has 0 unspecified atom stereocenters. The van der Waals surface area contributed by atoms with Crippen molar-refractivity contribution in [2.75, 3.05) is 7.11 Å². The molecule has 0 aliphatic carbocycles. The Labute approximate surface area is 115 Å². The first-order valence-corrected chi connectivity index (χ1v) is 5.82. The third-order valence-electron chi connectivity index (χ3n) is 2.32. The van der Waals surface area contributed by atoms with E-state index in [1.807, 2.05) is 13.0 Å². The van der Waals surface area contributed by atoms with Gasteiger partial charge in [-0.05, 0) is 24.6 Å². The molecule has 19 heavy (non-hydrogen) atoms. The average Bonchev–Trinajstić information content (AvgIpc) is 2.42. The van der Waals surface area contributed by atoms with Gasteiger partial charge in [-0.1, -0.05) is 17.7 Å². The maximum absolute atomic E-state index is 11.2. The number of aromatic nitrogens is 2. The van der Waals surface area contributed by atoms with E-state index in [2.05, 4.69) is 14.7 Å². The molecule has 1 aromatic carbocycles. The fraction of sp³-hybridized carbons (Fsp3) is 0.154. The highest BCUT2D eigenvalue weighted by Gasteiger charge is 2.09. The van der Waals surface area contributed by atoms with Gasteiger partial charge in [0.2, 0.25) is 5.88 Å². The van der Waals surface area contributed by atoms with E-state index in [-0.39, 0.29) is 11.6 Å². The molecule has 6 heteroatoms. The van der Waals surface area contributed by atoms with Crippen molar-refractivity contribution in [3.63, 3.8) is 0 Å². The van der Waals surface area contributed by atoms with Gasteiger partial charge < -0.3 is 9.47 Å². The summed E-state index contributed by atoms with van der Waals surface area (Å²) in [5.74, 6) is 0.179. The second kappa shape index (κ2) is 5.67. The van der Waals surface area contributed by atoms with Crippen LogP contribution in [-0.2, 0) is 4.74 Å². The van der Waals surface area contributed by atoms with Crippen molar-refractivity contribution < 1.29 is 14.3 Å². The predicted molar refractivity (Wildman–Crippen MR) is 69.6 cm³/mol. The van der Waals surface area contributed by atoms with E-state index in [9.17, 15) is 4.79 Å². The third-order valence-corrected chi connectivity index (χ3v) is 2.62. The van der Waals surface area contributed by atoms with Gasteiger partial charge >= 0.3 is 5.97 Å². The summed E-state index contributed by atoms with van der Waals surface area (Å²) in [4.78, 5) is 19.0. The van der Waals surface area contributed by atoms with Gasteiger partial charge in [-0.15, -0.1) is 0 Å². The standard InChI is InChI=1S/C13H11ClN2O3/c1-8-3-4-11(9(14)5-8)19-12-7-15-10(6-16-12)13(17)18-2/h3-7H,1-2H3. The molecular formula is C13H11ClN2O3. The van der Waals surface area contributed by atoms with Gasteiger partial charge in [0.05, 0.1) is 24.5 Å². The van der Waals surface area contributed by atoms with Crippen LogP contribution in [0.15, 0.2) is 30.6 Å². The molecule has 0 saturated carbocycles. The molecule has 98 valence electrons. The Kier molecular flexibility index (Phi) is 3.97. The number of aryl methyl sites for hydroxylation is 1. The molecule has 0 aliphatic heterocycles. The van der Waals surface area contributed by atoms with Crippen LogP contribution >= 0.6 is 11.6 Å². The quantitative estimate of drug-likeness (QED) is 0.808. The molecule has 2 rings (SSSR count). The highest BCUT2D eigenvalue weighted by Crippen LogP contribution is 2.28. The first-order chi connectivity index (χ1) is 9.10. The Morgan fingerprint density at radius 2 is 2.05 bits per heavy atom. The van der Waals surface area contributed by atoms with Gasteiger partial charge in [-0.3, -0.25) is 0 Å². The summed E-state index contributed by atoms with van der Waals surface area (Å²) in [7, 11) is 1.28. The lowest BCUT2D eigenvalue weighted by Crippen LogP contribution is -2.04. The number of halogens is 1. The summed E-state index contributed by atoms with van der Waals surface area (Å²) < 4.78 is 10.00. The van der Waals surface area contributed by atoms with Crippen molar-refractivity contribution in [2.45, 2.75) is 6.92 Å². The Bertz CT molecular complexity index is 599. The van der Waals surface area contributed by atoms with Gasteiger partial charge in [0.1, 0.15) is 5.75 Å². The Morgan fingerprint density at radius 1 is 1.26 bits per heavy atom. The molecule has 1 aromatic heterocycles. The number of nitrogens with zero attached hydrogens (tertiary/aromatic N) is 2. The van der Waals surface area contributed by atoms with Gasteiger partial charge in [0, 0.05) is 0 Å². The molecule has 0 atom stereocenters. The van der Waals surface area contributed by atoms with Crippen LogP contribution in [0.1, 0.15) is 16.1 Å². The Hall–Kier alpha value is -2.14. The molecule has 0 bridgehead atoms. The first kappa shape index (κ1) is 13.3. The van der Waals surface area contributed by atoms with Crippen molar-refractivity contribution in [1.82, 2.24) is 9.97 Å². The minimum atomic E-state index is -0.549. The van der Waals surface area contributed by atoms with E-state index in [0.717, 1.165) is 5.56 Å². The third kappa shape index (κ3) is 3.20. The molecule has 5 nitrogen and oxygen atoms in total. The largest absolute Gasteiger partial charge is 0.464 e. The summed E-state index contributed by atoms with van der Waals surface area (Å²) in [5, 5.41) is 0.485. The molecule has 2 aromatic rings. The summed E-state index contributed by atoms with van der Waals surface area (Å²) in [6.45, 7) is 1.93. The lowest BCUT2D eigenvalue weighted by atomic mass is 10.2. The molecule has 0 spiro atoms. The summed E-state index contributed by atoms with van der Waals surface area (Å²) >= 11 is 6.04. The van der Waals surface area contributed by atoms with Crippen molar-refractivity contribution >= 4 is 17.6 Å². The van der Waals surface area contributed by atoms with Gasteiger partial charge in [-0.25, -0.2) is 14.8 Å². The van der Waals surface area contributed by atoms with Crippen LogP contribution in [0, 0.1) is 6.92 Å². The maximum atomic E-state index is 11.2. The smallest absolute Gasteiger partial charge is 0.358 e. The van der Waals surface area contributed by atoms with Crippen molar-refractivity contribution in [2.24, 2.45) is 0 Å². The van der Waals surface area contributed by atoms with E-state index in [1.165, 1.54) is 19.5 Å². The zero-order valence-corrected chi connectivity index (χ0v) is 11.1. The lowest BCUT2D eigenvalue weighted by Gasteiger charge is -2.07. The summed E-state index contributed by atoms with van der Waals surface area (Å²) in [6, 6.07) is 5.40. The van der Waals surface area contributed by atoms with E-state index in [4.69, 9.17) is 16.3 Å². The first-order valence-electron chi connectivity index (χ1n) is 5.44. The molecule has 0 radical (unpaired) electrons. The minimum absolute atomic E-state index is 0.116. The van der Waals surface area contributed by atoms with Crippen molar-refractivity contribution in [3.8, 4) is 11.6 Å². The number of carbonyl (C=O) groups is 1. The fourth-order valence-electron chi connectivity index (χ4n) is 1.38.